The molecule has 1 aromatic heterocycles. The number of nitrogens with two attached hydrogens (primary N) is 1. The second kappa shape index (κ2) is 4.46. The predicted octanol–water partition coefficient (Wildman–Crippen LogP) is 2.37. The van der Waals surface area contributed by atoms with E-state index >= 15 is 0 Å². The van der Waals surface area contributed by atoms with Crippen molar-refractivity contribution in [3.63, 3.8) is 0 Å². The molecule has 2 aliphatic carbocycles. The summed E-state index contributed by atoms with van der Waals surface area (Å²) in [4.78, 5) is 2.59. The van der Waals surface area contributed by atoms with E-state index in [4.69, 9.17) is 10.2 Å². The van der Waals surface area contributed by atoms with Gasteiger partial charge in [0, 0.05) is 12.6 Å². The Morgan fingerprint density at radius 2 is 2.24 bits per heavy atom. The fourth-order valence-electron chi connectivity index (χ4n) is 2.89. The van der Waals surface area contributed by atoms with Crippen LogP contribution in [-0.4, -0.2) is 24.0 Å². The monoisotopic (exact) mass is 234 g/mol. The van der Waals surface area contributed by atoms with Gasteiger partial charge in [0.05, 0.1) is 12.8 Å². The number of rotatable bonds is 6. The molecule has 0 saturated heterocycles. The maximum absolute atomic E-state index is 5.96. The van der Waals surface area contributed by atoms with Gasteiger partial charge in [0.1, 0.15) is 5.76 Å². The Labute approximate surface area is 103 Å². The molecule has 0 atom stereocenters. The predicted molar refractivity (Wildman–Crippen MR) is 67.5 cm³/mol. The summed E-state index contributed by atoms with van der Waals surface area (Å²) >= 11 is 0. The lowest BCUT2D eigenvalue weighted by Gasteiger charge is -2.44. The Balaban J connectivity index is 1.64. The van der Waals surface area contributed by atoms with Crippen LogP contribution in [0.5, 0.6) is 0 Å². The van der Waals surface area contributed by atoms with Gasteiger partial charge in [0.2, 0.25) is 0 Å². The minimum Gasteiger partial charge on any atom is -0.468 e. The van der Waals surface area contributed by atoms with E-state index in [0.717, 1.165) is 31.4 Å². The minimum atomic E-state index is 0.412. The van der Waals surface area contributed by atoms with Crippen LogP contribution in [0.2, 0.25) is 0 Å². The Bertz CT molecular complexity index is 347. The van der Waals surface area contributed by atoms with Crippen molar-refractivity contribution in [3.8, 4) is 0 Å². The molecule has 3 heteroatoms. The Hall–Kier alpha value is -0.800. The van der Waals surface area contributed by atoms with Crippen LogP contribution in [0.4, 0.5) is 0 Å². The molecule has 2 N–H and O–H groups in total. The highest BCUT2D eigenvalue weighted by Crippen LogP contribution is 2.42. The maximum Gasteiger partial charge on any atom is 0.117 e. The SMILES string of the molecule is NCC1(CN(Cc2ccco2)C2CC2)CCC1. The molecular formula is C14H22N2O. The third-order valence-corrected chi connectivity index (χ3v) is 4.39. The van der Waals surface area contributed by atoms with Crippen LogP contribution in [0.25, 0.3) is 0 Å². The lowest BCUT2D eigenvalue weighted by atomic mass is 9.68. The fraction of sp³-hybridized carbons (Fsp3) is 0.714. The van der Waals surface area contributed by atoms with Gasteiger partial charge < -0.3 is 10.2 Å². The van der Waals surface area contributed by atoms with E-state index in [1.54, 1.807) is 6.26 Å². The van der Waals surface area contributed by atoms with E-state index in [0.29, 0.717) is 5.41 Å². The van der Waals surface area contributed by atoms with E-state index in [-0.39, 0.29) is 0 Å². The largest absolute Gasteiger partial charge is 0.468 e. The number of nitrogens with zero attached hydrogens (tertiary/aromatic N) is 1. The molecule has 1 aromatic rings. The summed E-state index contributed by atoms with van der Waals surface area (Å²) in [5.74, 6) is 1.09. The van der Waals surface area contributed by atoms with Gasteiger partial charge in [-0.15, -0.1) is 0 Å². The third-order valence-electron chi connectivity index (χ3n) is 4.39. The van der Waals surface area contributed by atoms with Crippen molar-refractivity contribution in [1.82, 2.24) is 4.90 Å². The molecule has 0 spiro atoms. The number of hydrogen-bond acceptors (Lipinski definition) is 3. The molecule has 1 heterocycles. The molecule has 3 rings (SSSR count). The second-order valence-corrected chi connectivity index (χ2v) is 5.77. The second-order valence-electron chi connectivity index (χ2n) is 5.77. The number of furan rings is 1. The molecular weight excluding hydrogens is 212 g/mol. The van der Waals surface area contributed by atoms with Gasteiger partial charge in [-0.05, 0) is 49.8 Å². The summed E-state index contributed by atoms with van der Waals surface area (Å²) in [5.41, 5.74) is 6.37. The summed E-state index contributed by atoms with van der Waals surface area (Å²) in [7, 11) is 0. The lowest BCUT2D eigenvalue weighted by Crippen LogP contribution is -2.47. The summed E-state index contributed by atoms with van der Waals surface area (Å²) in [6.45, 7) is 2.96. The maximum atomic E-state index is 5.96. The van der Waals surface area contributed by atoms with E-state index in [1.165, 1.54) is 32.1 Å². The zero-order valence-corrected chi connectivity index (χ0v) is 10.4. The van der Waals surface area contributed by atoms with Crippen LogP contribution in [-0.2, 0) is 6.54 Å². The molecule has 2 aliphatic rings. The summed E-state index contributed by atoms with van der Waals surface area (Å²) in [6, 6.07) is 4.83. The van der Waals surface area contributed by atoms with Crippen molar-refractivity contribution in [2.24, 2.45) is 11.1 Å². The summed E-state index contributed by atoms with van der Waals surface area (Å²) < 4.78 is 5.47. The fourth-order valence-corrected chi connectivity index (χ4v) is 2.89. The van der Waals surface area contributed by atoms with Crippen LogP contribution in [0.1, 0.15) is 37.9 Å². The minimum absolute atomic E-state index is 0.412. The van der Waals surface area contributed by atoms with Crippen molar-refractivity contribution < 1.29 is 4.42 Å². The van der Waals surface area contributed by atoms with Crippen LogP contribution in [0.3, 0.4) is 0 Å². The molecule has 0 aliphatic heterocycles. The zero-order valence-electron chi connectivity index (χ0n) is 10.4. The molecule has 2 saturated carbocycles. The van der Waals surface area contributed by atoms with E-state index < -0.39 is 0 Å². The topological polar surface area (TPSA) is 42.4 Å². The molecule has 0 amide bonds. The van der Waals surface area contributed by atoms with E-state index in [1.807, 2.05) is 6.07 Å². The van der Waals surface area contributed by atoms with Crippen molar-refractivity contribution in [2.45, 2.75) is 44.7 Å². The third kappa shape index (κ3) is 2.40. The smallest absolute Gasteiger partial charge is 0.117 e. The lowest BCUT2D eigenvalue weighted by molar-refractivity contribution is 0.0628. The van der Waals surface area contributed by atoms with Gasteiger partial charge in [-0.3, -0.25) is 4.90 Å². The molecule has 0 bridgehead atoms. The standard InChI is InChI=1S/C14H22N2O/c15-10-14(6-2-7-14)11-16(12-4-5-12)9-13-3-1-8-17-13/h1,3,8,12H,2,4-7,9-11,15H2. The average molecular weight is 234 g/mol. The van der Waals surface area contributed by atoms with Gasteiger partial charge in [-0.2, -0.15) is 0 Å². The van der Waals surface area contributed by atoms with Crippen LogP contribution in [0.15, 0.2) is 22.8 Å². The van der Waals surface area contributed by atoms with Crippen molar-refractivity contribution >= 4 is 0 Å². The van der Waals surface area contributed by atoms with Gasteiger partial charge in [-0.25, -0.2) is 0 Å². The summed E-state index contributed by atoms with van der Waals surface area (Å²) in [5, 5.41) is 0. The Morgan fingerprint density at radius 3 is 2.71 bits per heavy atom. The molecule has 0 unspecified atom stereocenters. The van der Waals surface area contributed by atoms with Crippen molar-refractivity contribution in [2.75, 3.05) is 13.1 Å². The first-order valence-corrected chi connectivity index (χ1v) is 6.78. The quantitative estimate of drug-likeness (QED) is 0.821. The summed E-state index contributed by atoms with van der Waals surface area (Å²) in [6.07, 6.45) is 8.44. The Kier molecular flexibility index (Phi) is 2.97. The first-order valence-electron chi connectivity index (χ1n) is 6.78. The molecule has 0 radical (unpaired) electrons. The van der Waals surface area contributed by atoms with Gasteiger partial charge in [0.25, 0.3) is 0 Å². The normalized spacial score (nSPS) is 22.7. The highest BCUT2D eigenvalue weighted by Gasteiger charge is 2.40. The van der Waals surface area contributed by atoms with Crippen LogP contribution < -0.4 is 5.73 Å². The van der Waals surface area contributed by atoms with Gasteiger partial charge in [-0.1, -0.05) is 6.42 Å². The first-order chi connectivity index (χ1) is 8.31. The number of hydrogen-bond donors (Lipinski definition) is 1. The molecule has 94 valence electrons. The zero-order chi connectivity index (χ0) is 11.7. The van der Waals surface area contributed by atoms with Crippen LogP contribution >= 0.6 is 0 Å². The highest BCUT2D eigenvalue weighted by atomic mass is 16.3. The first kappa shape index (κ1) is 11.3. The van der Waals surface area contributed by atoms with E-state index in [9.17, 15) is 0 Å². The van der Waals surface area contributed by atoms with Gasteiger partial charge in [0.15, 0.2) is 0 Å². The molecule has 17 heavy (non-hydrogen) atoms. The van der Waals surface area contributed by atoms with Crippen molar-refractivity contribution in [1.29, 1.82) is 0 Å². The van der Waals surface area contributed by atoms with Gasteiger partial charge >= 0.3 is 0 Å². The van der Waals surface area contributed by atoms with E-state index in [2.05, 4.69) is 11.0 Å². The van der Waals surface area contributed by atoms with Crippen LogP contribution in [0, 0.1) is 5.41 Å². The molecule has 3 nitrogen and oxygen atoms in total. The Morgan fingerprint density at radius 1 is 1.41 bits per heavy atom. The highest BCUT2D eigenvalue weighted by molar-refractivity contribution is 5.02. The average Bonchev–Trinajstić information content (AvgIpc) is 3.01. The van der Waals surface area contributed by atoms with Crippen molar-refractivity contribution in [3.05, 3.63) is 24.2 Å². The molecule has 2 fully saturated rings. The molecule has 0 aromatic carbocycles.